The average molecular weight is 409 g/mol. The Bertz CT molecular complexity index is 1180. The van der Waals surface area contributed by atoms with Crippen LogP contribution in [0.4, 0.5) is 0 Å². The smallest absolute Gasteiger partial charge is 0.261 e. The van der Waals surface area contributed by atoms with Gasteiger partial charge in [0.05, 0.1) is 10.9 Å². The fourth-order valence-corrected chi connectivity index (χ4v) is 3.98. The Labute approximate surface area is 174 Å². The summed E-state index contributed by atoms with van der Waals surface area (Å²) in [4.78, 5) is 30.5. The molecule has 2 heterocycles. The summed E-state index contributed by atoms with van der Waals surface area (Å²) >= 11 is 5.17. The first-order valence-electron chi connectivity index (χ1n) is 9.83. The van der Waals surface area contributed by atoms with Crippen LogP contribution in [-0.2, 0) is 20.1 Å². The molecule has 1 aliphatic heterocycles. The molecule has 1 aliphatic rings. The van der Waals surface area contributed by atoms with E-state index in [1.807, 2.05) is 12.1 Å². The first-order valence-corrected chi connectivity index (χ1v) is 10.2. The molecule has 0 aliphatic carbocycles. The fourth-order valence-electron chi connectivity index (χ4n) is 3.79. The van der Waals surface area contributed by atoms with Crippen LogP contribution in [0.25, 0.3) is 10.9 Å². The van der Waals surface area contributed by atoms with Gasteiger partial charge in [-0.25, -0.2) is 0 Å². The summed E-state index contributed by atoms with van der Waals surface area (Å²) < 4.78 is 1.71. The number of amides is 1. The predicted octanol–water partition coefficient (Wildman–Crippen LogP) is 3.12. The molecule has 0 saturated carbocycles. The molecule has 0 radical (unpaired) electrons. The lowest BCUT2D eigenvalue weighted by Crippen LogP contribution is -2.25. The van der Waals surface area contributed by atoms with Crippen molar-refractivity contribution in [2.75, 3.05) is 13.1 Å². The number of nitrogens with zero attached hydrogens (tertiary/aromatic N) is 2. The molecule has 0 unspecified atom stereocenters. The number of likely N-dealkylation sites (tertiary alicyclic amines) is 1. The number of carbonyl (C=O) groups excluding carboxylic acids is 1. The van der Waals surface area contributed by atoms with Crippen molar-refractivity contribution in [3.8, 4) is 0 Å². The minimum Gasteiger partial charge on any atom is -0.348 e. The van der Waals surface area contributed by atoms with E-state index < -0.39 is 0 Å². The largest absolute Gasteiger partial charge is 0.348 e. The molecule has 4 rings (SSSR count). The third-order valence-corrected chi connectivity index (χ3v) is 5.89. The van der Waals surface area contributed by atoms with E-state index in [0.29, 0.717) is 27.8 Å². The summed E-state index contributed by atoms with van der Waals surface area (Å²) in [5.74, 6) is -0.178. The molecule has 0 spiro atoms. The summed E-state index contributed by atoms with van der Waals surface area (Å²) in [6.07, 6.45) is 2.51. The highest BCUT2D eigenvalue weighted by molar-refractivity contribution is 7.71. The number of hydrogen-bond acceptors (Lipinski definition) is 4. The van der Waals surface area contributed by atoms with Crippen LogP contribution in [0.3, 0.4) is 0 Å². The van der Waals surface area contributed by atoms with Crippen LogP contribution in [0.15, 0.2) is 47.3 Å². The van der Waals surface area contributed by atoms with Crippen molar-refractivity contribution in [2.24, 2.45) is 7.05 Å². The van der Waals surface area contributed by atoms with Crippen LogP contribution in [-0.4, -0.2) is 33.4 Å². The van der Waals surface area contributed by atoms with E-state index in [4.69, 9.17) is 12.2 Å². The second-order valence-corrected chi connectivity index (χ2v) is 7.88. The molecule has 1 fully saturated rings. The first kappa shape index (κ1) is 19.5. The number of H-pyrrole nitrogens is 1. The standard InChI is InChI=1S/C22H24N4O2S/c1-25-21(28)18-9-8-15(12-19(18)24-22(25)29)20(27)23-13-16-6-2-3-7-17(16)14-26-10-4-5-11-26/h2-3,6-9,12H,4-5,10-11,13-14H2,1H3,(H,23,27)(H,24,29). The Balaban J connectivity index is 1.51. The van der Waals surface area contributed by atoms with Crippen molar-refractivity contribution in [1.82, 2.24) is 19.8 Å². The third-order valence-electron chi connectivity index (χ3n) is 5.51. The van der Waals surface area contributed by atoms with Gasteiger partial charge < -0.3 is 10.3 Å². The molecule has 3 aromatic rings. The van der Waals surface area contributed by atoms with Crippen molar-refractivity contribution in [3.63, 3.8) is 0 Å². The van der Waals surface area contributed by atoms with E-state index in [0.717, 1.165) is 25.2 Å². The molecule has 1 amide bonds. The quantitative estimate of drug-likeness (QED) is 0.637. The average Bonchev–Trinajstić information content (AvgIpc) is 3.24. The van der Waals surface area contributed by atoms with Gasteiger partial charge in [0.1, 0.15) is 0 Å². The molecule has 1 aromatic heterocycles. The number of nitrogens with one attached hydrogen (secondary N) is 2. The Morgan fingerprint density at radius 3 is 2.62 bits per heavy atom. The van der Waals surface area contributed by atoms with Gasteiger partial charge >= 0.3 is 0 Å². The van der Waals surface area contributed by atoms with Gasteiger partial charge in [-0.2, -0.15) is 0 Å². The zero-order valence-corrected chi connectivity index (χ0v) is 17.2. The molecule has 0 atom stereocenters. The Kier molecular flexibility index (Phi) is 5.60. The van der Waals surface area contributed by atoms with Gasteiger partial charge in [0, 0.05) is 25.7 Å². The molecular weight excluding hydrogens is 384 g/mol. The van der Waals surface area contributed by atoms with Crippen molar-refractivity contribution in [2.45, 2.75) is 25.9 Å². The summed E-state index contributed by atoms with van der Waals surface area (Å²) in [6.45, 7) is 3.66. The maximum absolute atomic E-state index is 12.7. The van der Waals surface area contributed by atoms with E-state index in [2.05, 4.69) is 27.3 Å². The lowest BCUT2D eigenvalue weighted by molar-refractivity contribution is 0.0951. The zero-order valence-electron chi connectivity index (χ0n) is 16.4. The molecule has 2 aromatic carbocycles. The van der Waals surface area contributed by atoms with Crippen molar-refractivity contribution in [1.29, 1.82) is 0 Å². The molecular formula is C22H24N4O2S. The Morgan fingerprint density at radius 1 is 1.14 bits per heavy atom. The Morgan fingerprint density at radius 2 is 1.86 bits per heavy atom. The predicted molar refractivity (Wildman–Crippen MR) is 116 cm³/mol. The van der Waals surface area contributed by atoms with E-state index in [1.165, 1.54) is 23.0 Å². The topological polar surface area (TPSA) is 70.1 Å². The zero-order chi connectivity index (χ0) is 20.4. The maximum Gasteiger partial charge on any atom is 0.261 e. The van der Waals surface area contributed by atoms with E-state index in [9.17, 15) is 9.59 Å². The van der Waals surface area contributed by atoms with E-state index in [-0.39, 0.29) is 11.5 Å². The fraction of sp³-hybridized carbons (Fsp3) is 0.318. The number of rotatable bonds is 5. The molecule has 150 valence electrons. The number of aromatic nitrogens is 2. The monoisotopic (exact) mass is 408 g/mol. The van der Waals surface area contributed by atoms with Crippen LogP contribution >= 0.6 is 12.2 Å². The lowest BCUT2D eigenvalue weighted by atomic mass is 10.1. The van der Waals surface area contributed by atoms with Crippen LogP contribution in [0.1, 0.15) is 34.3 Å². The molecule has 2 N–H and O–H groups in total. The van der Waals surface area contributed by atoms with Gasteiger partial charge in [-0.1, -0.05) is 24.3 Å². The van der Waals surface area contributed by atoms with Crippen molar-refractivity contribution < 1.29 is 4.79 Å². The SMILES string of the molecule is Cn1c(=S)[nH]c2cc(C(=O)NCc3ccccc3CN3CCCC3)ccc2c1=O. The minimum atomic E-state index is -0.178. The number of fused-ring (bicyclic) bond motifs is 1. The minimum absolute atomic E-state index is 0.174. The number of carbonyl (C=O) groups is 1. The summed E-state index contributed by atoms with van der Waals surface area (Å²) in [5, 5.41) is 3.51. The van der Waals surface area contributed by atoms with Crippen molar-refractivity contribution in [3.05, 3.63) is 74.3 Å². The van der Waals surface area contributed by atoms with Gasteiger partial charge in [-0.15, -0.1) is 0 Å². The summed E-state index contributed by atoms with van der Waals surface area (Å²) in [7, 11) is 1.63. The molecule has 29 heavy (non-hydrogen) atoms. The van der Waals surface area contributed by atoms with E-state index >= 15 is 0 Å². The molecule has 6 nitrogen and oxygen atoms in total. The lowest BCUT2D eigenvalue weighted by Gasteiger charge is -2.17. The van der Waals surface area contributed by atoms with Gasteiger partial charge in [0.15, 0.2) is 4.77 Å². The van der Waals surface area contributed by atoms with Crippen LogP contribution in [0, 0.1) is 4.77 Å². The molecule has 1 saturated heterocycles. The third kappa shape index (κ3) is 4.16. The number of benzene rings is 2. The van der Waals surface area contributed by atoms with Gasteiger partial charge in [-0.3, -0.25) is 19.1 Å². The highest BCUT2D eigenvalue weighted by Crippen LogP contribution is 2.16. The summed E-state index contributed by atoms with van der Waals surface area (Å²) in [5.41, 5.74) is 3.27. The highest BCUT2D eigenvalue weighted by Gasteiger charge is 2.14. The van der Waals surface area contributed by atoms with Gasteiger partial charge in [-0.05, 0) is 67.5 Å². The molecule has 7 heteroatoms. The molecule has 0 bridgehead atoms. The van der Waals surface area contributed by atoms with Gasteiger partial charge in [0.25, 0.3) is 11.5 Å². The number of aromatic amines is 1. The summed E-state index contributed by atoms with van der Waals surface area (Å²) in [6, 6.07) is 13.3. The van der Waals surface area contributed by atoms with E-state index in [1.54, 1.807) is 25.2 Å². The number of hydrogen-bond donors (Lipinski definition) is 2. The first-order chi connectivity index (χ1) is 14.0. The maximum atomic E-state index is 12.7. The van der Waals surface area contributed by atoms with Crippen LogP contribution in [0.5, 0.6) is 0 Å². The van der Waals surface area contributed by atoms with Gasteiger partial charge in [0.2, 0.25) is 0 Å². The normalized spacial score (nSPS) is 14.4. The van der Waals surface area contributed by atoms with Crippen molar-refractivity contribution >= 4 is 29.0 Å². The highest BCUT2D eigenvalue weighted by atomic mass is 32.1. The Hall–Kier alpha value is -2.77. The second kappa shape index (κ2) is 8.31. The van der Waals surface area contributed by atoms with Crippen LogP contribution < -0.4 is 10.9 Å². The second-order valence-electron chi connectivity index (χ2n) is 7.49. The van der Waals surface area contributed by atoms with Crippen LogP contribution in [0.2, 0.25) is 0 Å².